The van der Waals surface area contributed by atoms with Crippen molar-refractivity contribution in [3.8, 4) is 0 Å². The summed E-state index contributed by atoms with van der Waals surface area (Å²) in [6, 6.07) is 8.12. The maximum Gasteiger partial charge on any atom is 0.240 e. The minimum atomic E-state index is -0.300. The van der Waals surface area contributed by atoms with E-state index in [1.807, 2.05) is 12.1 Å². The highest BCUT2D eigenvalue weighted by molar-refractivity contribution is 6.22. The van der Waals surface area contributed by atoms with E-state index in [-0.39, 0.29) is 35.9 Å². The molecule has 4 heterocycles. The van der Waals surface area contributed by atoms with Crippen molar-refractivity contribution < 1.29 is 14.3 Å². The number of benzene rings is 1. The molecular formula is C19H19N3O3. The molecule has 0 radical (unpaired) electrons. The van der Waals surface area contributed by atoms with Crippen LogP contribution in [0.25, 0.3) is 0 Å². The van der Waals surface area contributed by atoms with Crippen LogP contribution >= 0.6 is 0 Å². The first-order valence-electron chi connectivity index (χ1n) is 8.74. The van der Waals surface area contributed by atoms with Gasteiger partial charge in [-0.1, -0.05) is 24.3 Å². The molecule has 0 saturated carbocycles. The van der Waals surface area contributed by atoms with E-state index in [4.69, 9.17) is 4.74 Å². The van der Waals surface area contributed by atoms with Gasteiger partial charge in [-0.05, 0) is 30.9 Å². The van der Waals surface area contributed by atoms with Gasteiger partial charge in [0, 0.05) is 6.20 Å². The lowest BCUT2D eigenvalue weighted by Crippen LogP contribution is -2.34. The van der Waals surface area contributed by atoms with Crippen molar-refractivity contribution in [2.75, 3.05) is 4.90 Å². The van der Waals surface area contributed by atoms with Crippen molar-refractivity contribution in [2.24, 2.45) is 11.8 Å². The Morgan fingerprint density at radius 3 is 2.48 bits per heavy atom. The summed E-state index contributed by atoms with van der Waals surface area (Å²) in [7, 11) is 0. The maximum absolute atomic E-state index is 12.8. The Morgan fingerprint density at radius 1 is 1.12 bits per heavy atom. The summed E-state index contributed by atoms with van der Waals surface area (Å²) in [6.45, 7) is 2.67. The molecule has 25 heavy (non-hydrogen) atoms. The number of rotatable bonds is 3. The minimum absolute atomic E-state index is 0.0848. The lowest BCUT2D eigenvalue weighted by Gasteiger charge is -2.15. The molecule has 128 valence electrons. The van der Waals surface area contributed by atoms with Gasteiger partial charge >= 0.3 is 0 Å². The van der Waals surface area contributed by atoms with Gasteiger partial charge in [-0.3, -0.25) is 14.3 Å². The molecule has 6 nitrogen and oxygen atoms in total. The number of aromatic nitrogens is 2. The fourth-order valence-corrected chi connectivity index (χ4v) is 4.48. The Bertz CT molecular complexity index is 846. The lowest BCUT2D eigenvalue weighted by atomic mass is 9.81. The Hall–Kier alpha value is -2.47. The molecular weight excluding hydrogens is 318 g/mol. The number of anilines is 1. The molecule has 3 fully saturated rings. The predicted octanol–water partition coefficient (Wildman–Crippen LogP) is 1.91. The Labute approximate surface area is 145 Å². The van der Waals surface area contributed by atoms with E-state index in [0.29, 0.717) is 12.2 Å². The van der Waals surface area contributed by atoms with Gasteiger partial charge in [0.15, 0.2) is 0 Å². The molecule has 0 aliphatic carbocycles. The molecule has 4 atom stereocenters. The fourth-order valence-electron chi connectivity index (χ4n) is 4.48. The van der Waals surface area contributed by atoms with Gasteiger partial charge < -0.3 is 4.74 Å². The molecule has 1 aromatic carbocycles. The molecule has 0 spiro atoms. The van der Waals surface area contributed by atoms with Crippen LogP contribution in [0.15, 0.2) is 36.7 Å². The van der Waals surface area contributed by atoms with E-state index in [2.05, 4.69) is 24.2 Å². The highest BCUT2D eigenvalue weighted by Crippen LogP contribution is 2.49. The summed E-state index contributed by atoms with van der Waals surface area (Å²) >= 11 is 0. The number of amides is 2. The largest absolute Gasteiger partial charge is 0.373 e. The van der Waals surface area contributed by atoms with Crippen LogP contribution in [0.3, 0.4) is 0 Å². The molecule has 2 aromatic rings. The number of hydrogen-bond acceptors (Lipinski definition) is 4. The molecule has 3 aliphatic rings. The second kappa shape index (κ2) is 5.26. The number of carbonyl (C=O) groups is 2. The maximum atomic E-state index is 12.8. The third-order valence-electron chi connectivity index (χ3n) is 5.76. The number of aryl methyl sites for hydroxylation is 1. The van der Waals surface area contributed by atoms with Gasteiger partial charge in [0.2, 0.25) is 11.8 Å². The van der Waals surface area contributed by atoms with Crippen molar-refractivity contribution in [2.45, 2.75) is 38.5 Å². The van der Waals surface area contributed by atoms with Gasteiger partial charge in [0.1, 0.15) is 0 Å². The monoisotopic (exact) mass is 337 g/mol. The third kappa shape index (κ3) is 2.10. The Morgan fingerprint density at radius 2 is 1.80 bits per heavy atom. The zero-order valence-corrected chi connectivity index (χ0v) is 14.0. The first-order valence-corrected chi connectivity index (χ1v) is 8.74. The normalized spacial score (nSPS) is 30.4. The minimum Gasteiger partial charge on any atom is -0.373 e. The number of carbonyl (C=O) groups excluding carboxylic acids is 2. The third-order valence-corrected chi connectivity index (χ3v) is 5.76. The lowest BCUT2D eigenvalue weighted by molar-refractivity contribution is -0.124. The Balaban J connectivity index is 1.41. The molecule has 3 saturated heterocycles. The smallest absolute Gasteiger partial charge is 0.240 e. The number of ether oxygens (including phenoxy) is 1. The van der Waals surface area contributed by atoms with Crippen LogP contribution < -0.4 is 4.90 Å². The van der Waals surface area contributed by atoms with E-state index in [9.17, 15) is 9.59 Å². The summed E-state index contributed by atoms with van der Waals surface area (Å²) in [5.41, 5.74) is 2.92. The molecule has 4 unspecified atom stereocenters. The van der Waals surface area contributed by atoms with E-state index in [0.717, 1.165) is 12.8 Å². The fraction of sp³-hybridized carbons (Fsp3) is 0.421. The second-order valence-corrected chi connectivity index (χ2v) is 7.18. The highest BCUT2D eigenvalue weighted by atomic mass is 16.5. The van der Waals surface area contributed by atoms with E-state index in [1.54, 1.807) is 17.1 Å². The van der Waals surface area contributed by atoms with Crippen LogP contribution in [0.2, 0.25) is 0 Å². The standard InChI is InChI=1S/C19H19N3O3/c1-11-4-2-3-5-12(11)9-21-10-13(8-20-21)22-18(23)16-14-6-7-15(25-14)17(16)19(22)24/h2-5,8,10,14-17H,6-7,9H2,1H3. The van der Waals surface area contributed by atoms with E-state index < -0.39 is 0 Å². The van der Waals surface area contributed by atoms with Crippen LogP contribution in [0.5, 0.6) is 0 Å². The van der Waals surface area contributed by atoms with Crippen LogP contribution in [0, 0.1) is 18.8 Å². The van der Waals surface area contributed by atoms with Gasteiger partial charge in [-0.2, -0.15) is 5.10 Å². The van der Waals surface area contributed by atoms with Gasteiger partial charge in [0.05, 0.1) is 42.5 Å². The first-order chi connectivity index (χ1) is 12.1. The topological polar surface area (TPSA) is 64.4 Å². The van der Waals surface area contributed by atoms with Crippen LogP contribution in [0.1, 0.15) is 24.0 Å². The molecule has 6 heteroatoms. The number of fused-ring (bicyclic) bond motifs is 5. The SMILES string of the molecule is Cc1ccccc1Cn1cc(N2C(=O)C3C4CCC(O4)C3C2=O)cn1. The van der Waals surface area contributed by atoms with Crippen LogP contribution in [0.4, 0.5) is 5.69 Å². The summed E-state index contributed by atoms with van der Waals surface area (Å²) in [6.07, 6.45) is 4.98. The number of hydrogen-bond donors (Lipinski definition) is 0. The highest BCUT2D eigenvalue weighted by Gasteiger charge is 2.62. The molecule has 3 aliphatic heterocycles. The average Bonchev–Trinajstić information content (AvgIpc) is 3.35. The van der Waals surface area contributed by atoms with Crippen LogP contribution in [-0.2, 0) is 20.9 Å². The quantitative estimate of drug-likeness (QED) is 0.803. The van der Waals surface area contributed by atoms with Crippen molar-refractivity contribution in [3.05, 3.63) is 47.8 Å². The molecule has 2 bridgehead atoms. The van der Waals surface area contributed by atoms with Gasteiger partial charge in [-0.15, -0.1) is 0 Å². The molecule has 2 amide bonds. The molecule has 5 rings (SSSR count). The van der Waals surface area contributed by atoms with Crippen molar-refractivity contribution >= 4 is 17.5 Å². The molecule has 1 aromatic heterocycles. The van der Waals surface area contributed by atoms with Crippen molar-refractivity contribution in [1.29, 1.82) is 0 Å². The summed E-state index contributed by atoms with van der Waals surface area (Å²) in [5.74, 6) is -0.854. The second-order valence-electron chi connectivity index (χ2n) is 7.18. The number of imide groups is 1. The van der Waals surface area contributed by atoms with E-state index in [1.165, 1.54) is 16.0 Å². The van der Waals surface area contributed by atoms with E-state index >= 15 is 0 Å². The van der Waals surface area contributed by atoms with Crippen molar-refractivity contribution in [1.82, 2.24) is 9.78 Å². The van der Waals surface area contributed by atoms with Crippen LogP contribution in [-0.4, -0.2) is 33.8 Å². The molecule has 0 N–H and O–H groups in total. The number of nitrogens with zero attached hydrogens (tertiary/aromatic N) is 3. The summed E-state index contributed by atoms with van der Waals surface area (Å²) < 4.78 is 7.55. The zero-order valence-electron chi connectivity index (χ0n) is 14.0. The summed E-state index contributed by atoms with van der Waals surface area (Å²) in [4.78, 5) is 26.9. The first kappa shape index (κ1) is 14.8. The summed E-state index contributed by atoms with van der Waals surface area (Å²) in [5, 5.41) is 4.35. The average molecular weight is 337 g/mol. The van der Waals surface area contributed by atoms with Gasteiger partial charge in [0.25, 0.3) is 0 Å². The predicted molar refractivity (Wildman–Crippen MR) is 89.9 cm³/mol. The Kier molecular flexibility index (Phi) is 3.12. The van der Waals surface area contributed by atoms with Gasteiger partial charge in [-0.25, -0.2) is 4.90 Å². The van der Waals surface area contributed by atoms with Crippen molar-refractivity contribution in [3.63, 3.8) is 0 Å². The zero-order chi connectivity index (χ0) is 17.1.